The lowest BCUT2D eigenvalue weighted by Crippen LogP contribution is -2.41. The topological polar surface area (TPSA) is 169 Å². The minimum Gasteiger partial charge on any atom is -0.477 e. The van der Waals surface area contributed by atoms with Crippen molar-refractivity contribution >= 4 is 35.4 Å². The fraction of sp³-hybridized carbons (Fsp3) is 0.462. The van der Waals surface area contributed by atoms with E-state index in [1.54, 1.807) is 58.6 Å². The number of carbonyl (C=O) groups excluding carboxylic acids is 3. The Bertz CT molecular complexity index is 1170. The van der Waals surface area contributed by atoms with Gasteiger partial charge >= 0.3 is 18.2 Å². The van der Waals surface area contributed by atoms with E-state index in [0.29, 0.717) is 37.7 Å². The number of hydrogen-bond donors (Lipinski definition) is 3. The molecule has 0 atom stereocenters. The quantitative estimate of drug-likeness (QED) is 0.510. The van der Waals surface area contributed by atoms with E-state index in [0.717, 1.165) is 0 Å². The number of nitrogens with one attached hydrogen (secondary N) is 2. The van der Waals surface area contributed by atoms with Crippen LogP contribution in [0.1, 0.15) is 62.5 Å². The van der Waals surface area contributed by atoms with Crippen LogP contribution in [-0.2, 0) is 14.2 Å². The van der Waals surface area contributed by atoms with Crippen molar-refractivity contribution in [3.8, 4) is 0 Å². The number of nitrogens with zero attached hydrogens (tertiary/aromatic N) is 3. The highest BCUT2D eigenvalue weighted by Crippen LogP contribution is 2.14. The normalized spacial score (nSPS) is 13.3. The third-order valence-corrected chi connectivity index (χ3v) is 4.55. The zero-order valence-electron chi connectivity index (χ0n) is 22.9. The zero-order chi connectivity index (χ0) is 29.2. The molecule has 0 bridgehead atoms. The summed E-state index contributed by atoms with van der Waals surface area (Å²) in [6.45, 7) is 12.7. The Labute approximate surface area is 226 Å². The minimum absolute atomic E-state index is 0.140. The van der Waals surface area contributed by atoms with Crippen molar-refractivity contribution in [3.63, 3.8) is 0 Å². The molecule has 3 heterocycles. The number of aromatic carboxylic acids is 1. The smallest absolute Gasteiger partial charge is 0.412 e. The standard InChI is InChI=1S/C15H21N3O4.C11H14N2O4/c1-15(2,3)22-14(20)17-11-4-5-16-12(10-11)13(19)18-6-8-21-9-7-18;1-11(2,3)17-10(16)13-7-4-5-12-8(6-7)9(14)15/h4-5,10H,6-9H2,1-3H3,(H,16,17,20);4-6H,1-3H3,(H,14,15)(H,12,13,16). The van der Waals surface area contributed by atoms with Gasteiger partial charge in [0.05, 0.1) is 13.2 Å². The first-order valence-electron chi connectivity index (χ1n) is 12.2. The summed E-state index contributed by atoms with van der Waals surface area (Å²) in [4.78, 5) is 55.5. The second-order valence-electron chi connectivity index (χ2n) is 10.3. The summed E-state index contributed by atoms with van der Waals surface area (Å²) in [5.41, 5.74) is -0.238. The molecule has 0 saturated carbocycles. The van der Waals surface area contributed by atoms with E-state index in [1.807, 2.05) is 0 Å². The number of anilines is 2. The first-order valence-corrected chi connectivity index (χ1v) is 12.2. The van der Waals surface area contributed by atoms with Gasteiger partial charge in [-0.15, -0.1) is 0 Å². The van der Waals surface area contributed by atoms with Gasteiger partial charge < -0.3 is 24.2 Å². The molecule has 3 N–H and O–H groups in total. The van der Waals surface area contributed by atoms with Crippen LogP contribution in [-0.4, -0.2) is 81.5 Å². The maximum atomic E-state index is 12.3. The molecular weight excluding hydrogens is 510 g/mol. The average Bonchev–Trinajstić information content (AvgIpc) is 2.82. The Hall–Kier alpha value is -4.26. The van der Waals surface area contributed by atoms with E-state index in [1.165, 1.54) is 24.5 Å². The second-order valence-corrected chi connectivity index (χ2v) is 10.3. The number of carboxylic acid groups (broad SMARTS) is 1. The first-order chi connectivity index (χ1) is 18.1. The number of pyridine rings is 2. The Morgan fingerprint density at radius 2 is 1.26 bits per heavy atom. The van der Waals surface area contributed by atoms with Crippen molar-refractivity contribution in [2.45, 2.75) is 52.7 Å². The van der Waals surface area contributed by atoms with Crippen LogP contribution in [0.5, 0.6) is 0 Å². The van der Waals surface area contributed by atoms with Crippen LogP contribution in [0.4, 0.5) is 21.0 Å². The Balaban J connectivity index is 0.000000283. The number of amides is 3. The Morgan fingerprint density at radius 3 is 1.69 bits per heavy atom. The maximum absolute atomic E-state index is 12.3. The number of aromatic nitrogens is 2. The Morgan fingerprint density at radius 1 is 0.821 bits per heavy atom. The van der Waals surface area contributed by atoms with Crippen molar-refractivity contribution in [1.29, 1.82) is 0 Å². The molecule has 2 aromatic rings. The van der Waals surface area contributed by atoms with Gasteiger partial charge in [-0.1, -0.05) is 0 Å². The predicted molar refractivity (Wildman–Crippen MR) is 142 cm³/mol. The van der Waals surface area contributed by atoms with E-state index >= 15 is 0 Å². The van der Waals surface area contributed by atoms with Crippen molar-refractivity contribution in [3.05, 3.63) is 48.0 Å². The molecule has 212 valence electrons. The van der Waals surface area contributed by atoms with E-state index in [9.17, 15) is 19.2 Å². The number of carboxylic acids is 1. The number of carbonyl (C=O) groups is 4. The highest BCUT2D eigenvalue weighted by molar-refractivity contribution is 5.94. The molecular formula is C26H35N5O8. The lowest BCUT2D eigenvalue weighted by molar-refractivity contribution is 0.0299. The molecule has 2 aromatic heterocycles. The van der Waals surface area contributed by atoms with Gasteiger partial charge in [-0.3, -0.25) is 20.4 Å². The summed E-state index contributed by atoms with van der Waals surface area (Å²) >= 11 is 0. The fourth-order valence-electron chi connectivity index (χ4n) is 3.02. The van der Waals surface area contributed by atoms with Gasteiger partial charge in [0.1, 0.15) is 22.6 Å². The van der Waals surface area contributed by atoms with Crippen LogP contribution in [0.2, 0.25) is 0 Å². The zero-order valence-corrected chi connectivity index (χ0v) is 22.9. The molecule has 1 aliphatic heterocycles. The van der Waals surface area contributed by atoms with E-state index in [-0.39, 0.29) is 17.3 Å². The molecule has 3 rings (SSSR count). The molecule has 13 nitrogen and oxygen atoms in total. The molecule has 0 aliphatic carbocycles. The van der Waals surface area contributed by atoms with Gasteiger partial charge in [-0.25, -0.2) is 19.4 Å². The van der Waals surface area contributed by atoms with Crippen LogP contribution in [0.25, 0.3) is 0 Å². The molecule has 1 aliphatic rings. The molecule has 39 heavy (non-hydrogen) atoms. The lowest BCUT2D eigenvalue weighted by Gasteiger charge is -2.26. The molecule has 3 amide bonds. The van der Waals surface area contributed by atoms with Gasteiger partial charge in [0.15, 0.2) is 0 Å². The molecule has 0 radical (unpaired) electrons. The molecule has 1 saturated heterocycles. The van der Waals surface area contributed by atoms with Crippen LogP contribution in [0.3, 0.4) is 0 Å². The summed E-state index contributed by atoms with van der Waals surface area (Å²) in [5, 5.41) is 13.8. The SMILES string of the molecule is CC(C)(C)OC(=O)Nc1ccnc(C(=O)N2CCOCC2)c1.CC(C)(C)OC(=O)Nc1ccnc(C(=O)O)c1. The largest absolute Gasteiger partial charge is 0.477 e. The van der Waals surface area contributed by atoms with Crippen LogP contribution >= 0.6 is 0 Å². The maximum Gasteiger partial charge on any atom is 0.412 e. The van der Waals surface area contributed by atoms with Crippen LogP contribution in [0, 0.1) is 0 Å². The predicted octanol–water partition coefficient (Wildman–Crippen LogP) is 4.03. The Kier molecular flexibility index (Phi) is 10.7. The molecule has 0 spiro atoms. The highest BCUT2D eigenvalue weighted by Gasteiger charge is 2.21. The van der Waals surface area contributed by atoms with Gasteiger partial charge in [0, 0.05) is 36.9 Å². The average molecular weight is 546 g/mol. The van der Waals surface area contributed by atoms with Gasteiger partial charge in [-0.2, -0.15) is 0 Å². The number of hydrogen-bond acceptors (Lipinski definition) is 9. The number of ether oxygens (including phenoxy) is 3. The summed E-state index contributed by atoms with van der Waals surface area (Å²) in [6, 6.07) is 5.89. The van der Waals surface area contributed by atoms with Crippen LogP contribution in [0.15, 0.2) is 36.7 Å². The summed E-state index contributed by atoms with van der Waals surface area (Å²) in [6.07, 6.45) is 1.58. The van der Waals surface area contributed by atoms with E-state index in [2.05, 4.69) is 20.6 Å². The van der Waals surface area contributed by atoms with Crippen molar-refractivity contribution in [1.82, 2.24) is 14.9 Å². The third-order valence-electron chi connectivity index (χ3n) is 4.55. The number of rotatable bonds is 4. The number of morpholine rings is 1. The summed E-state index contributed by atoms with van der Waals surface area (Å²) in [5.74, 6) is -1.33. The molecule has 1 fully saturated rings. The monoisotopic (exact) mass is 545 g/mol. The van der Waals surface area contributed by atoms with E-state index in [4.69, 9.17) is 19.3 Å². The summed E-state index contributed by atoms with van der Waals surface area (Å²) in [7, 11) is 0. The van der Waals surface area contributed by atoms with Gasteiger partial charge in [0.25, 0.3) is 5.91 Å². The van der Waals surface area contributed by atoms with Gasteiger partial charge in [-0.05, 0) is 65.8 Å². The third kappa shape index (κ3) is 11.8. The highest BCUT2D eigenvalue weighted by atomic mass is 16.6. The molecule has 0 unspecified atom stereocenters. The van der Waals surface area contributed by atoms with Crippen molar-refractivity contribution < 1.29 is 38.5 Å². The first kappa shape index (κ1) is 31.0. The molecule has 13 heteroatoms. The minimum atomic E-state index is -1.15. The van der Waals surface area contributed by atoms with Gasteiger partial charge in [0.2, 0.25) is 0 Å². The molecule has 0 aromatic carbocycles. The summed E-state index contributed by atoms with van der Waals surface area (Å²) < 4.78 is 15.4. The van der Waals surface area contributed by atoms with Crippen LogP contribution < -0.4 is 10.6 Å². The fourth-order valence-corrected chi connectivity index (χ4v) is 3.02. The van der Waals surface area contributed by atoms with Crippen molar-refractivity contribution in [2.24, 2.45) is 0 Å². The van der Waals surface area contributed by atoms with Crippen molar-refractivity contribution in [2.75, 3.05) is 36.9 Å². The second kappa shape index (κ2) is 13.5. The lowest BCUT2D eigenvalue weighted by atomic mass is 10.2. The van der Waals surface area contributed by atoms with E-state index < -0.39 is 29.4 Å².